The van der Waals surface area contributed by atoms with Crippen LogP contribution in [0.2, 0.25) is 0 Å². The van der Waals surface area contributed by atoms with Crippen LogP contribution in [0, 0.1) is 11.3 Å². The average molecular weight is 135 g/mol. The average Bonchev–Trinajstić information content (AvgIpc) is 1.88. The third kappa shape index (κ3) is 0.821. The third-order valence-corrected chi connectivity index (χ3v) is 1.02. The van der Waals surface area contributed by atoms with Crippen molar-refractivity contribution in [2.75, 3.05) is 11.5 Å². The molecule has 0 unspecified atom stereocenters. The van der Waals surface area contributed by atoms with Crippen LogP contribution in [0.4, 0.5) is 11.6 Å². The number of rotatable bonds is 0. The van der Waals surface area contributed by atoms with Crippen molar-refractivity contribution in [2.45, 2.75) is 0 Å². The van der Waals surface area contributed by atoms with Gasteiger partial charge in [0, 0.05) is 0 Å². The van der Waals surface area contributed by atoms with Gasteiger partial charge >= 0.3 is 0 Å². The molecule has 10 heavy (non-hydrogen) atoms. The molecule has 50 valence electrons. The second kappa shape index (κ2) is 2.19. The molecule has 0 radical (unpaired) electrons. The van der Waals surface area contributed by atoms with Crippen molar-refractivity contribution in [3.8, 4) is 6.07 Å². The van der Waals surface area contributed by atoms with Crippen LogP contribution < -0.4 is 11.5 Å². The van der Waals surface area contributed by atoms with Gasteiger partial charge < -0.3 is 11.5 Å². The van der Waals surface area contributed by atoms with E-state index >= 15 is 0 Å². The minimum atomic E-state index is 0.120. The fourth-order valence-electron chi connectivity index (χ4n) is 0.528. The molecule has 1 rings (SSSR count). The van der Waals surface area contributed by atoms with Crippen LogP contribution in [0.25, 0.3) is 0 Å². The molecule has 0 aliphatic rings. The summed E-state index contributed by atoms with van der Waals surface area (Å²) in [5, 5.41) is 8.41. The Balaban J connectivity index is 3.34. The number of hydrogen-bond acceptors (Lipinski definition) is 5. The van der Waals surface area contributed by atoms with Crippen LogP contribution >= 0.6 is 0 Å². The number of aromatic nitrogens is 2. The molecule has 0 atom stereocenters. The lowest BCUT2D eigenvalue weighted by atomic mass is 10.3. The van der Waals surface area contributed by atoms with E-state index in [9.17, 15) is 0 Å². The van der Waals surface area contributed by atoms with E-state index in [1.165, 1.54) is 6.33 Å². The number of anilines is 2. The monoisotopic (exact) mass is 135 g/mol. The summed E-state index contributed by atoms with van der Waals surface area (Å²) in [6.07, 6.45) is 1.21. The highest BCUT2D eigenvalue weighted by atomic mass is 15.0. The highest BCUT2D eigenvalue weighted by molar-refractivity contribution is 5.59. The van der Waals surface area contributed by atoms with Gasteiger partial charge in [0.25, 0.3) is 0 Å². The first-order valence-electron chi connectivity index (χ1n) is 2.51. The van der Waals surface area contributed by atoms with Gasteiger partial charge in [0.1, 0.15) is 29.6 Å². The Bertz CT molecular complexity index is 266. The number of nitrogen functional groups attached to an aromatic ring is 2. The van der Waals surface area contributed by atoms with E-state index in [0.717, 1.165) is 0 Å². The Morgan fingerprint density at radius 2 is 1.80 bits per heavy atom. The van der Waals surface area contributed by atoms with Gasteiger partial charge in [-0.25, -0.2) is 9.97 Å². The molecule has 0 aliphatic carbocycles. The van der Waals surface area contributed by atoms with Crippen molar-refractivity contribution in [2.24, 2.45) is 0 Å². The summed E-state index contributed by atoms with van der Waals surface area (Å²) in [5.41, 5.74) is 10.7. The summed E-state index contributed by atoms with van der Waals surface area (Å²) in [6, 6.07) is 1.79. The number of nitriles is 1. The SMILES string of the molecule is N#Cc1c(N)ncnc1N. The van der Waals surface area contributed by atoms with Crippen molar-refractivity contribution in [3.63, 3.8) is 0 Å². The molecule has 0 saturated heterocycles. The number of nitrogens with two attached hydrogens (primary N) is 2. The smallest absolute Gasteiger partial charge is 0.146 e. The van der Waals surface area contributed by atoms with Crippen LogP contribution in [-0.2, 0) is 0 Å². The molecule has 0 amide bonds. The van der Waals surface area contributed by atoms with Gasteiger partial charge in [-0.15, -0.1) is 0 Å². The van der Waals surface area contributed by atoms with Gasteiger partial charge in [-0.05, 0) is 0 Å². The fraction of sp³-hybridized carbons (Fsp3) is 0. The lowest BCUT2D eigenvalue weighted by Gasteiger charge is -1.95. The lowest BCUT2D eigenvalue weighted by molar-refractivity contribution is 1.17. The maximum atomic E-state index is 8.41. The minimum absolute atomic E-state index is 0.120. The van der Waals surface area contributed by atoms with Crippen LogP contribution in [0.5, 0.6) is 0 Å². The van der Waals surface area contributed by atoms with E-state index in [1.807, 2.05) is 0 Å². The predicted molar refractivity (Wildman–Crippen MR) is 35.6 cm³/mol. The Hall–Kier alpha value is -1.83. The molecule has 0 spiro atoms. The van der Waals surface area contributed by atoms with Crippen molar-refractivity contribution >= 4 is 11.6 Å². The summed E-state index contributed by atoms with van der Waals surface area (Å²) >= 11 is 0. The first-order chi connectivity index (χ1) is 4.75. The molecule has 1 aromatic heterocycles. The number of nitrogens with zero attached hydrogens (tertiary/aromatic N) is 3. The fourth-order valence-corrected chi connectivity index (χ4v) is 0.528. The summed E-state index contributed by atoms with van der Waals surface area (Å²) in [6.45, 7) is 0. The van der Waals surface area contributed by atoms with Gasteiger partial charge in [0.05, 0.1) is 0 Å². The van der Waals surface area contributed by atoms with Gasteiger partial charge in [-0.2, -0.15) is 5.26 Å². The van der Waals surface area contributed by atoms with Crippen LogP contribution in [0.3, 0.4) is 0 Å². The Morgan fingerprint density at radius 1 is 1.30 bits per heavy atom. The molecule has 5 heteroatoms. The number of hydrogen-bond donors (Lipinski definition) is 2. The van der Waals surface area contributed by atoms with Crippen molar-refractivity contribution in [3.05, 3.63) is 11.9 Å². The highest BCUT2D eigenvalue weighted by Crippen LogP contribution is 2.10. The lowest BCUT2D eigenvalue weighted by Crippen LogP contribution is -2.01. The molecule has 5 nitrogen and oxygen atoms in total. The summed E-state index contributed by atoms with van der Waals surface area (Å²) < 4.78 is 0. The predicted octanol–water partition coefficient (Wildman–Crippen LogP) is -0.487. The maximum absolute atomic E-state index is 8.41. The quantitative estimate of drug-likeness (QED) is 0.499. The second-order valence-corrected chi connectivity index (χ2v) is 1.63. The van der Waals surface area contributed by atoms with E-state index in [-0.39, 0.29) is 17.2 Å². The normalized spacial score (nSPS) is 8.70. The second-order valence-electron chi connectivity index (χ2n) is 1.63. The van der Waals surface area contributed by atoms with Gasteiger partial charge in [0.2, 0.25) is 0 Å². The zero-order chi connectivity index (χ0) is 7.56. The molecule has 0 saturated carbocycles. The van der Waals surface area contributed by atoms with Crippen LogP contribution in [0.1, 0.15) is 5.56 Å². The maximum Gasteiger partial charge on any atom is 0.146 e. The highest BCUT2D eigenvalue weighted by Gasteiger charge is 2.02. The van der Waals surface area contributed by atoms with Gasteiger partial charge in [0.15, 0.2) is 0 Å². The first kappa shape index (κ1) is 6.29. The Labute approximate surface area is 57.3 Å². The first-order valence-corrected chi connectivity index (χ1v) is 2.51. The molecule has 1 heterocycles. The van der Waals surface area contributed by atoms with Gasteiger partial charge in [-0.3, -0.25) is 0 Å². The largest absolute Gasteiger partial charge is 0.382 e. The van der Waals surface area contributed by atoms with E-state index in [2.05, 4.69) is 9.97 Å². The summed E-state index contributed by atoms with van der Waals surface area (Å²) in [7, 11) is 0. The molecule has 4 N–H and O–H groups in total. The Kier molecular flexibility index (Phi) is 1.38. The van der Waals surface area contributed by atoms with Crippen LogP contribution in [-0.4, -0.2) is 9.97 Å². The topological polar surface area (TPSA) is 102 Å². The van der Waals surface area contributed by atoms with Crippen LogP contribution in [0.15, 0.2) is 6.33 Å². The Morgan fingerprint density at radius 3 is 2.10 bits per heavy atom. The zero-order valence-electron chi connectivity index (χ0n) is 5.07. The van der Waals surface area contributed by atoms with Crippen molar-refractivity contribution in [1.29, 1.82) is 5.26 Å². The minimum Gasteiger partial charge on any atom is -0.382 e. The molecule has 0 aliphatic heterocycles. The van der Waals surface area contributed by atoms with Crippen molar-refractivity contribution < 1.29 is 0 Å². The standard InChI is InChI=1S/C5H5N5/c6-1-3-4(7)9-2-10-5(3)8/h2H,(H4,7,8,9,10). The molecule has 0 bridgehead atoms. The van der Waals surface area contributed by atoms with Gasteiger partial charge in [-0.1, -0.05) is 0 Å². The van der Waals surface area contributed by atoms with E-state index in [0.29, 0.717) is 0 Å². The molecule has 1 aromatic rings. The zero-order valence-corrected chi connectivity index (χ0v) is 5.07. The summed E-state index contributed by atoms with van der Waals surface area (Å²) in [5.74, 6) is 0.241. The third-order valence-electron chi connectivity index (χ3n) is 1.02. The van der Waals surface area contributed by atoms with E-state index in [4.69, 9.17) is 16.7 Å². The molecule has 0 fully saturated rings. The molecular formula is C5H5N5. The van der Waals surface area contributed by atoms with E-state index < -0.39 is 0 Å². The van der Waals surface area contributed by atoms with E-state index in [1.54, 1.807) is 6.07 Å². The van der Waals surface area contributed by atoms with Crippen molar-refractivity contribution in [1.82, 2.24) is 9.97 Å². The molecule has 0 aromatic carbocycles. The summed E-state index contributed by atoms with van der Waals surface area (Å²) in [4.78, 5) is 7.15. The molecular weight excluding hydrogens is 130 g/mol.